The Bertz CT molecular complexity index is 887. The van der Waals surface area contributed by atoms with Crippen LogP contribution in [-0.4, -0.2) is 14.5 Å². The maximum absolute atomic E-state index is 12.9. The number of nitrogens with two attached hydrogens (primary N) is 1. The molecule has 0 heterocycles. The van der Waals surface area contributed by atoms with Gasteiger partial charge in [0.25, 0.3) is 0 Å². The molecule has 2 aromatic rings. The third-order valence-corrected chi connectivity index (χ3v) is 6.14. The van der Waals surface area contributed by atoms with E-state index in [0.29, 0.717) is 0 Å². The number of allylic oxidation sites excluding steroid dienone is 3. The topological polar surface area (TPSA) is 72.2 Å². The summed E-state index contributed by atoms with van der Waals surface area (Å²) in [7, 11) is -3.67. The quantitative estimate of drug-likeness (QED) is 0.820. The standard InChI is InChI=1S/C21H24N2O2S/c1-16-12-14-19(15-13-16)26(24,25)23-21(18-10-6-3-7-11-18)20(22)17-8-4-2-5-9-17/h2-10,12-15,18,20-21,23H,11,22H2,1H3/t18?,20?,21-/m0/s1. The molecule has 3 atom stereocenters. The van der Waals surface area contributed by atoms with Crippen LogP contribution in [0, 0.1) is 12.8 Å². The van der Waals surface area contributed by atoms with Crippen molar-refractivity contribution in [3.05, 3.63) is 90.0 Å². The van der Waals surface area contributed by atoms with Crippen molar-refractivity contribution in [3.63, 3.8) is 0 Å². The van der Waals surface area contributed by atoms with E-state index in [-0.39, 0.29) is 10.8 Å². The van der Waals surface area contributed by atoms with Gasteiger partial charge in [0.2, 0.25) is 10.0 Å². The first-order chi connectivity index (χ1) is 12.5. The van der Waals surface area contributed by atoms with E-state index in [4.69, 9.17) is 5.73 Å². The Morgan fingerprint density at radius 3 is 2.35 bits per heavy atom. The zero-order valence-electron chi connectivity index (χ0n) is 14.7. The molecule has 26 heavy (non-hydrogen) atoms. The summed E-state index contributed by atoms with van der Waals surface area (Å²) < 4.78 is 28.7. The Morgan fingerprint density at radius 2 is 1.73 bits per heavy atom. The third kappa shape index (κ3) is 4.30. The monoisotopic (exact) mass is 368 g/mol. The molecule has 0 bridgehead atoms. The van der Waals surface area contributed by atoms with Crippen LogP contribution >= 0.6 is 0 Å². The molecule has 0 aromatic heterocycles. The summed E-state index contributed by atoms with van der Waals surface area (Å²) in [4.78, 5) is 0.253. The van der Waals surface area contributed by atoms with Crippen LogP contribution in [0.5, 0.6) is 0 Å². The minimum absolute atomic E-state index is 0.00423. The number of aryl methyl sites for hydroxylation is 1. The van der Waals surface area contributed by atoms with Crippen LogP contribution in [0.4, 0.5) is 0 Å². The molecular weight excluding hydrogens is 344 g/mol. The van der Waals surface area contributed by atoms with Crippen LogP contribution in [0.2, 0.25) is 0 Å². The van der Waals surface area contributed by atoms with Gasteiger partial charge in [-0.15, -0.1) is 0 Å². The molecule has 2 aromatic carbocycles. The van der Waals surface area contributed by atoms with Gasteiger partial charge in [0.1, 0.15) is 0 Å². The molecule has 0 saturated carbocycles. The lowest BCUT2D eigenvalue weighted by Crippen LogP contribution is -2.46. The van der Waals surface area contributed by atoms with Crippen molar-refractivity contribution in [1.82, 2.24) is 4.72 Å². The summed E-state index contributed by atoms with van der Waals surface area (Å²) in [5.74, 6) is -0.00423. The van der Waals surface area contributed by atoms with Gasteiger partial charge in [-0.25, -0.2) is 13.1 Å². The molecule has 136 valence electrons. The zero-order valence-corrected chi connectivity index (χ0v) is 15.6. The zero-order chi connectivity index (χ0) is 18.6. The predicted molar refractivity (Wildman–Crippen MR) is 105 cm³/mol. The van der Waals surface area contributed by atoms with Gasteiger partial charge in [-0.05, 0) is 37.0 Å². The van der Waals surface area contributed by atoms with E-state index in [0.717, 1.165) is 17.5 Å². The second-order valence-corrected chi connectivity index (χ2v) is 8.32. The summed E-state index contributed by atoms with van der Waals surface area (Å²) in [6.45, 7) is 1.93. The van der Waals surface area contributed by atoms with Crippen molar-refractivity contribution in [2.45, 2.75) is 30.3 Å². The lowest BCUT2D eigenvalue weighted by atomic mass is 9.86. The SMILES string of the molecule is Cc1ccc(S(=O)(=O)N[C@@H](C2C=CC=CC2)C(N)c2ccccc2)cc1. The maximum atomic E-state index is 12.9. The first-order valence-corrected chi connectivity index (χ1v) is 10.2. The first-order valence-electron chi connectivity index (χ1n) is 8.70. The lowest BCUT2D eigenvalue weighted by molar-refractivity contribution is 0.396. The van der Waals surface area contributed by atoms with Crippen molar-refractivity contribution >= 4 is 10.0 Å². The van der Waals surface area contributed by atoms with Gasteiger partial charge in [0.05, 0.1) is 4.90 Å². The van der Waals surface area contributed by atoms with Crippen molar-refractivity contribution in [2.75, 3.05) is 0 Å². The van der Waals surface area contributed by atoms with E-state index in [9.17, 15) is 8.42 Å². The van der Waals surface area contributed by atoms with E-state index < -0.39 is 22.1 Å². The van der Waals surface area contributed by atoms with E-state index in [2.05, 4.69) is 4.72 Å². The van der Waals surface area contributed by atoms with Crippen molar-refractivity contribution in [3.8, 4) is 0 Å². The van der Waals surface area contributed by atoms with Crippen LogP contribution in [0.1, 0.15) is 23.6 Å². The summed E-state index contributed by atoms with van der Waals surface area (Å²) in [5, 5.41) is 0. The van der Waals surface area contributed by atoms with E-state index in [1.54, 1.807) is 24.3 Å². The summed E-state index contributed by atoms with van der Waals surface area (Å²) in [6, 6.07) is 15.6. The Labute approximate surface area is 155 Å². The number of nitrogens with one attached hydrogen (secondary N) is 1. The first kappa shape index (κ1) is 18.6. The molecule has 3 N–H and O–H groups in total. The molecule has 1 aliphatic carbocycles. The van der Waals surface area contributed by atoms with Gasteiger partial charge in [-0.1, -0.05) is 72.3 Å². The average molecular weight is 369 g/mol. The number of hydrogen-bond donors (Lipinski definition) is 2. The number of rotatable bonds is 6. The number of hydrogen-bond acceptors (Lipinski definition) is 3. The molecule has 0 radical (unpaired) electrons. The number of benzene rings is 2. The molecule has 1 aliphatic rings. The van der Waals surface area contributed by atoms with Crippen molar-refractivity contribution < 1.29 is 8.42 Å². The Hall–Kier alpha value is -2.21. The van der Waals surface area contributed by atoms with Crippen LogP contribution in [0.25, 0.3) is 0 Å². The van der Waals surface area contributed by atoms with Gasteiger partial charge in [0.15, 0.2) is 0 Å². The minimum atomic E-state index is -3.67. The van der Waals surface area contributed by atoms with Crippen molar-refractivity contribution in [2.24, 2.45) is 11.7 Å². The molecule has 3 rings (SSSR count). The van der Waals surface area contributed by atoms with E-state index >= 15 is 0 Å². The molecule has 2 unspecified atom stereocenters. The minimum Gasteiger partial charge on any atom is -0.323 e. The number of sulfonamides is 1. The second-order valence-electron chi connectivity index (χ2n) is 6.61. The lowest BCUT2D eigenvalue weighted by Gasteiger charge is -2.31. The highest BCUT2D eigenvalue weighted by atomic mass is 32.2. The predicted octanol–water partition coefficient (Wildman–Crippen LogP) is 3.47. The molecule has 0 aliphatic heterocycles. The molecule has 5 heteroatoms. The van der Waals surface area contributed by atoms with Gasteiger partial charge in [-0.3, -0.25) is 0 Å². The average Bonchev–Trinajstić information content (AvgIpc) is 2.67. The fraction of sp³-hybridized carbons (Fsp3) is 0.238. The second kappa shape index (κ2) is 7.99. The molecule has 0 fully saturated rings. The van der Waals surface area contributed by atoms with Crippen LogP contribution in [-0.2, 0) is 10.0 Å². The van der Waals surface area contributed by atoms with Crippen LogP contribution in [0.15, 0.2) is 83.8 Å². The fourth-order valence-corrected chi connectivity index (χ4v) is 4.45. The van der Waals surface area contributed by atoms with Gasteiger partial charge in [-0.2, -0.15) is 0 Å². The molecule has 0 amide bonds. The fourth-order valence-electron chi connectivity index (χ4n) is 3.14. The Morgan fingerprint density at radius 1 is 1.04 bits per heavy atom. The van der Waals surface area contributed by atoms with Crippen molar-refractivity contribution in [1.29, 1.82) is 0 Å². The third-order valence-electron chi connectivity index (χ3n) is 4.67. The Kier molecular flexibility index (Phi) is 5.71. The molecule has 0 spiro atoms. The highest BCUT2D eigenvalue weighted by Crippen LogP contribution is 2.27. The molecular formula is C21H24N2O2S. The summed E-state index contributed by atoms with van der Waals surface area (Å²) in [6.07, 6.45) is 8.72. The summed E-state index contributed by atoms with van der Waals surface area (Å²) in [5.41, 5.74) is 8.42. The normalized spacial score (nSPS) is 19.2. The smallest absolute Gasteiger partial charge is 0.240 e. The summed E-state index contributed by atoms with van der Waals surface area (Å²) >= 11 is 0. The van der Waals surface area contributed by atoms with Gasteiger partial charge < -0.3 is 5.73 Å². The highest BCUT2D eigenvalue weighted by Gasteiger charge is 2.31. The van der Waals surface area contributed by atoms with Gasteiger partial charge >= 0.3 is 0 Å². The molecule has 4 nitrogen and oxygen atoms in total. The van der Waals surface area contributed by atoms with E-state index in [1.807, 2.05) is 61.6 Å². The largest absolute Gasteiger partial charge is 0.323 e. The Balaban J connectivity index is 1.91. The highest BCUT2D eigenvalue weighted by molar-refractivity contribution is 7.89. The van der Waals surface area contributed by atoms with Crippen LogP contribution < -0.4 is 10.5 Å². The van der Waals surface area contributed by atoms with E-state index in [1.165, 1.54) is 0 Å². The van der Waals surface area contributed by atoms with Gasteiger partial charge in [0, 0.05) is 12.1 Å². The molecule has 0 saturated heterocycles. The van der Waals surface area contributed by atoms with Crippen LogP contribution in [0.3, 0.4) is 0 Å². The maximum Gasteiger partial charge on any atom is 0.240 e.